The number of aryl methyl sites for hydroxylation is 1. The Morgan fingerprint density at radius 2 is 2.24 bits per heavy atom. The standard InChI is InChI=1S/C14H16BrClO/c15-12-7-10(3-4-13(16)9-1-2-9)14-11(8-12)5-6-17-14/h7-9,13H,1-6H2. The molecule has 1 unspecified atom stereocenters. The number of ether oxygens (including phenoxy) is 1. The first kappa shape index (κ1) is 11.9. The Hall–Kier alpha value is -0.210. The van der Waals surface area contributed by atoms with Crippen LogP contribution in [0.3, 0.4) is 0 Å². The number of rotatable bonds is 4. The fourth-order valence-electron chi connectivity index (χ4n) is 2.52. The largest absolute Gasteiger partial charge is 0.493 e. The van der Waals surface area contributed by atoms with Gasteiger partial charge in [-0.2, -0.15) is 0 Å². The van der Waals surface area contributed by atoms with Crippen LogP contribution in [0, 0.1) is 5.92 Å². The van der Waals surface area contributed by atoms with Gasteiger partial charge in [-0.15, -0.1) is 11.6 Å². The molecule has 1 aliphatic heterocycles. The fourth-order valence-corrected chi connectivity index (χ4v) is 3.43. The van der Waals surface area contributed by atoms with Crippen molar-refractivity contribution < 1.29 is 4.74 Å². The molecule has 1 atom stereocenters. The van der Waals surface area contributed by atoms with Crippen molar-refractivity contribution in [1.29, 1.82) is 0 Å². The van der Waals surface area contributed by atoms with E-state index in [0.717, 1.165) is 42.0 Å². The Morgan fingerprint density at radius 1 is 1.41 bits per heavy atom. The minimum Gasteiger partial charge on any atom is -0.493 e. The Balaban J connectivity index is 1.73. The van der Waals surface area contributed by atoms with E-state index >= 15 is 0 Å². The van der Waals surface area contributed by atoms with Crippen molar-refractivity contribution in [2.45, 2.75) is 37.5 Å². The lowest BCUT2D eigenvalue weighted by molar-refractivity contribution is 0.353. The summed E-state index contributed by atoms with van der Waals surface area (Å²) in [6, 6.07) is 4.35. The average molecular weight is 316 g/mol. The van der Waals surface area contributed by atoms with Gasteiger partial charge < -0.3 is 4.74 Å². The van der Waals surface area contributed by atoms with Gasteiger partial charge in [0.2, 0.25) is 0 Å². The van der Waals surface area contributed by atoms with Crippen LogP contribution in [0.5, 0.6) is 5.75 Å². The molecule has 0 N–H and O–H groups in total. The van der Waals surface area contributed by atoms with E-state index in [4.69, 9.17) is 16.3 Å². The molecular formula is C14H16BrClO. The molecule has 1 nitrogen and oxygen atoms in total. The fraction of sp³-hybridized carbons (Fsp3) is 0.571. The maximum Gasteiger partial charge on any atom is 0.125 e. The van der Waals surface area contributed by atoms with E-state index in [2.05, 4.69) is 28.1 Å². The van der Waals surface area contributed by atoms with E-state index in [1.165, 1.54) is 24.0 Å². The summed E-state index contributed by atoms with van der Waals surface area (Å²) in [5, 5.41) is 0.353. The monoisotopic (exact) mass is 314 g/mol. The zero-order valence-corrected chi connectivity index (χ0v) is 12.1. The highest BCUT2D eigenvalue weighted by Crippen LogP contribution is 2.39. The lowest BCUT2D eigenvalue weighted by atomic mass is 10.0. The van der Waals surface area contributed by atoms with Crippen molar-refractivity contribution in [2.75, 3.05) is 6.61 Å². The number of fused-ring (bicyclic) bond motifs is 1. The first-order valence-electron chi connectivity index (χ1n) is 6.32. The van der Waals surface area contributed by atoms with E-state index in [-0.39, 0.29) is 0 Å². The van der Waals surface area contributed by atoms with Crippen LogP contribution in [-0.4, -0.2) is 12.0 Å². The third kappa shape index (κ3) is 2.63. The Labute approximate surface area is 116 Å². The van der Waals surface area contributed by atoms with E-state index in [0.29, 0.717) is 5.38 Å². The molecule has 1 aliphatic carbocycles. The molecule has 0 aromatic heterocycles. The lowest BCUT2D eigenvalue weighted by Gasteiger charge is -2.11. The van der Waals surface area contributed by atoms with Gasteiger partial charge in [0.25, 0.3) is 0 Å². The first-order chi connectivity index (χ1) is 8.24. The van der Waals surface area contributed by atoms with Crippen LogP contribution in [0.25, 0.3) is 0 Å². The van der Waals surface area contributed by atoms with Crippen LogP contribution in [0.2, 0.25) is 0 Å². The molecule has 0 bridgehead atoms. The molecule has 17 heavy (non-hydrogen) atoms. The molecule has 1 fully saturated rings. The summed E-state index contributed by atoms with van der Waals surface area (Å²) in [7, 11) is 0. The Morgan fingerprint density at radius 3 is 3.00 bits per heavy atom. The van der Waals surface area contributed by atoms with Crippen LogP contribution in [0.4, 0.5) is 0 Å². The highest BCUT2D eigenvalue weighted by molar-refractivity contribution is 9.10. The van der Waals surface area contributed by atoms with E-state index < -0.39 is 0 Å². The predicted molar refractivity (Wildman–Crippen MR) is 74.0 cm³/mol. The summed E-state index contributed by atoms with van der Waals surface area (Å²) in [6.45, 7) is 0.825. The molecule has 1 aromatic rings. The molecular weight excluding hydrogens is 300 g/mol. The van der Waals surface area contributed by atoms with E-state index in [1.54, 1.807) is 0 Å². The Kier molecular flexibility index (Phi) is 3.36. The summed E-state index contributed by atoms with van der Waals surface area (Å²) in [5.74, 6) is 1.89. The minimum atomic E-state index is 0.353. The van der Waals surface area contributed by atoms with Gasteiger partial charge in [0, 0.05) is 16.3 Å². The maximum absolute atomic E-state index is 6.37. The average Bonchev–Trinajstić information content (AvgIpc) is 3.05. The quantitative estimate of drug-likeness (QED) is 0.751. The number of hydrogen-bond donors (Lipinski definition) is 0. The molecule has 3 rings (SSSR count). The zero-order valence-electron chi connectivity index (χ0n) is 9.72. The first-order valence-corrected chi connectivity index (χ1v) is 7.55. The van der Waals surface area contributed by atoms with Gasteiger partial charge in [0.15, 0.2) is 0 Å². The second-order valence-electron chi connectivity index (χ2n) is 5.04. The summed E-state index contributed by atoms with van der Waals surface area (Å²) in [5.41, 5.74) is 2.66. The predicted octanol–water partition coefficient (Wildman–Crippen LogP) is 4.33. The van der Waals surface area contributed by atoms with E-state index in [1.807, 2.05) is 0 Å². The van der Waals surface area contributed by atoms with Gasteiger partial charge >= 0.3 is 0 Å². The second-order valence-corrected chi connectivity index (χ2v) is 6.52. The molecule has 1 heterocycles. The molecule has 0 radical (unpaired) electrons. The number of hydrogen-bond acceptors (Lipinski definition) is 1. The van der Waals surface area contributed by atoms with Crippen LogP contribution in [0.1, 0.15) is 30.4 Å². The van der Waals surface area contributed by atoms with Gasteiger partial charge in [-0.25, -0.2) is 0 Å². The maximum atomic E-state index is 6.37. The highest BCUT2D eigenvalue weighted by Gasteiger charge is 2.29. The molecule has 0 amide bonds. The molecule has 1 aromatic carbocycles. The van der Waals surface area contributed by atoms with Crippen LogP contribution >= 0.6 is 27.5 Å². The Bertz CT molecular complexity index is 428. The van der Waals surface area contributed by atoms with Crippen LogP contribution in [-0.2, 0) is 12.8 Å². The topological polar surface area (TPSA) is 9.23 Å². The molecule has 1 saturated carbocycles. The SMILES string of the molecule is ClC(CCc1cc(Br)cc2c1OCC2)C1CC1. The van der Waals surface area contributed by atoms with Crippen molar-refractivity contribution >= 4 is 27.5 Å². The molecule has 0 spiro atoms. The smallest absolute Gasteiger partial charge is 0.125 e. The van der Waals surface area contributed by atoms with Crippen molar-refractivity contribution in [2.24, 2.45) is 5.92 Å². The molecule has 3 heteroatoms. The highest BCUT2D eigenvalue weighted by atomic mass is 79.9. The second kappa shape index (κ2) is 4.81. The van der Waals surface area contributed by atoms with Crippen LogP contribution < -0.4 is 4.74 Å². The van der Waals surface area contributed by atoms with Gasteiger partial charge in [-0.05, 0) is 54.9 Å². The molecule has 92 valence electrons. The van der Waals surface area contributed by atoms with Gasteiger partial charge in [-0.1, -0.05) is 15.9 Å². The third-order valence-electron chi connectivity index (χ3n) is 3.65. The third-order valence-corrected chi connectivity index (χ3v) is 4.68. The zero-order chi connectivity index (χ0) is 11.8. The normalized spacial score (nSPS) is 19.9. The van der Waals surface area contributed by atoms with Crippen molar-refractivity contribution in [3.05, 3.63) is 27.7 Å². The number of alkyl halides is 1. The van der Waals surface area contributed by atoms with E-state index in [9.17, 15) is 0 Å². The number of benzene rings is 1. The summed E-state index contributed by atoms with van der Waals surface area (Å²) in [6.07, 6.45) is 5.78. The van der Waals surface area contributed by atoms with Gasteiger partial charge in [0.05, 0.1) is 6.61 Å². The van der Waals surface area contributed by atoms with Crippen molar-refractivity contribution in [3.8, 4) is 5.75 Å². The molecule has 0 saturated heterocycles. The van der Waals surface area contributed by atoms with Crippen LogP contribution in [0.15, 0.2) is 16.6 Å². The summed E-state index contributed by atoms with van der Waals surface area (Å²) in [4.78, 5) is 0. The number of halogens is 2. The molecule has 2 aliphatic rings. The van der Waals surface area contributed by atoms with Gasteiger partial charge in [0.1, 0.15) is 5.75 Å². The van der Waals surface area contributed by atoms with Gasteiger partial charge in [-0.3, -0.25) is 0 Å². The lowest BCUT2D eigenvalue weighted by Crippen LogP contribution is -2.04. The van der Waals surface area contributed by atoms with Crippen molar-refractivity contribution in [1.82, 2.24) is 0 Å². The minimum absolute atomic E-state index is 0.353. The summed E-state index contributed by atoms with van der Waals surface area (Å²) < 4.78 is 6.89. The van der Waals surface area contributed by atoms with Crippen molar-refractivity contribution in [3.63, 3.8) is 0 Å². The summed E-state index contributed by atoms with van der Waals surface area (Å²) >= 11 is 9.94.